The van der Waals surface area contributed by atoms with Gasteiger partial charge in [-0.05, 0) is 19.1 Å². The first-order valence-corrected chi connectivity index (χ1v) is 5.27. The van der Waals surface area contributed by atoms with Gasteiger partial charge in [0.1, 0.15) is 0 Å². The number of hydrogen-bond donors (Lipinski definition) is 2. The van der Waals surface area contributed by atoms with Crippen LogP contribution in [0.2, 0.25) is 0 Å². The first-order chi connectivity index (χ1) is 7.00. The number of hydrogen-bond acceptors (Lipinski definition) is 2. The molecule has 0 saturated heterocycles. The topological polar surface area (TPSA) is 55.1 Å². The van der Waals surface area contributed by atoms with Crippen molar-refractivity contribution in [1.29, 1.82) is 0 Å². The summed E-state index contributed by atoms with van der Waals surface area (Å²) in [5.41, 5.74) is 7.70. The van der Waals surface area contributed by atoms with Crippen LogP contribution in [0.25, 0.3) is 0 Å². The van der Waals surface area contributed by atoms with Gasteiger partial charge in [-0.15, -0.1) is 0 Å². The first-order valence-electron chi connectivity index (χ1n) is 4.48. The van der Waals surface area contributed by atoms with Crippen molar-refractivity contribution in [3.8, 4) is 0 Å². The lowest BCUT2D eigenvalue weighted by molar-refractivity contribution is 0.0958. The van der Waals surface area contributed by atoms with E-state index in [1.807, 2.05) is 13.0 Å². The Bertz CT molecular complexity index is 402. The van der Waals surface area contributed by atoms with E-state index < -0.39 is 0 Å². The van der Waals surface area contributed by atoms with Gasteiger partial charge < -0.3 is 11.1 Å². The number of halogens is 1. The SMILES string of the molecule is C=C(Br)CNC(=O)c1cc(C)ccc1N. The van der Waals surface area contributed by atoms with E-state index in [0.29, 0.717) is 17.8 Å². The van der Waals surface area contributed by atoms with Gasteiger partial charge in [0.2, 0.25) is 0 Å². The normalized spacial score (nSPS) is 9.73. The average Bonchev–Trinajstić information content (AvgIpc) is 2.18. The minimum Gasteiger partial charge on any atom is -0.398 e. The van der Waals surface area contributed by atoms with Crippen LogP contribution in [-0.2, 0) is 0 Å². The van der Waals surface area contributed by atoms with Crippen molar-refractivity contribution in [2.45, 2.75) is 6.92 Å². The average molecular weight is 269 g/mol. The van der Waals surface area contributed by atoms with Crippen LogP contribution < -0.4 is 11.1 Å². The second kappa shape index (κ2) is 4.98. The van der Waals surface area contributed by atoms with E-state index in [9.17, 15) is 4.79 Å². The largest absolute Gasteiger partial charge is 0.398 e. The molecule has 0 radical (unpaired) electrons. The summed E-state index contributed by atoms with van der Waals surface area (Å²) in [7, 11) is 0. The lowest BCUT2D eigenvalue weighted by atomic mass is 10.1. The van der Waals surface area contributed by atoms with Crippen LogP contribution in [0.3, 0.4) is 0 Å². The fourth-order valence-electron chi connectivity index (χ4n) is 1.14. The third-order valence-corrected chi connectivity index (χ3v) is 2.17. The summed E-state index contributed by atoms with van der Waals surface area (Å²) in [5.74, 6) is -0.184. The van der Waals surface area contributed by atoms with Crippen LogP contribution in [0.5, 0.6) is 0 Å². The molecule has 0 aliphatic carbocycles. The predicted octanol–water partition coefficient (Wildman–Crippen LogP) is 2.22. The summed E-state index contributed by atoms with van der Waals surface area (Å²) >= 11 is 3.17. The molecule has 0 heterocycles. The van der Waals surface area contributed by atoms with Gasteiger partial charge in [0.25, 0.3) is 5.91 Å². The molecule has 3 nitrogen and oxygen atoms in total. The third kappa shape index (κ3) is 3.40. The van der Waals surface area contributed by atoms with E-state index in [2.05, 4.69) is 27.8 Å². The van der Waals surface area contributed by atoms with Gasteiger partial charge in [0.05, 0.1) is 5.56 Å². The van der Waals surface area contributed by atoms with E-state index in [-0.39, 0.29) is 5.91 Å². The van der Waals surface area contributed by atoms with E-state index in [1.165, 1.54) is 0 Å². The Morgan fingerprint density at radius 2 is 2.27 bits per heavy atom. The molecule has 0 fully saturated rings. The molecule has 1 amide bonds. The monoisotopic (exact) mass is 268 g/mol. The molecule has 0 aromatic heterocycles. The maximum atomic E-state index is 11.7. The van der Waals surface area contributed by atoms with Crippen molar-refractivity contribution >= 4 is 27.5 Å². The molecule has 4 heteroatoms. The van der Waals surface area contributed by atoms with Crippen molar-refractivity contribution in [2.75, 3.05) is 12.3 Å². The first kappa shape index (κ1) is 11.8. The molecule has 80 valence electrons. The van der Waals surface area contributed by atoms with Crippen LogP contribution in [0.15, 0.2) is 29.3 Å². The minimum atomic E-state index is -0.184. The number of aryl methyl sites for hydroxylation is 1. The van der Waals surface area contributed by atoms with Crippen molar-refractivity contribution in [3.05, 3.63) is 40.4 Å². The standard InChI is InChI=1S/C11H13BrN2O/c1-7-3-4-10(13)9(5-7)11(15)14-6-8(2)12/h3-5H,2,6,13H2,1H3,(H,14,15). The summed E-state index contributed by atoms with van der Waals surface area (Å²) in [6.45, 7) is 5.94. The summed E-state index contributed by atoms with van der Waals surface area (Å²) in [4.78, 5) is 11.7. The zero-order chi connectivity index (χ0) is 11.4. The molecular weight excluding hydrogens is 256 g/mol. The highest BCUT2D eigenvalue weighted by molar-refractivity contribution is 9.11. The van der Waals surface area contributed by atoms with Gasteiger partial charge >= 0.3 is 0 Å². The zero-order valence-electron chi connectivity index (χ0n) is 8.51. The molecule has 0 spiro atoms. The van der Waals surface area contributed by atoms with Gasteiger partial charge in [-0.1, -0.05) is 34.1 Å². The fourth-order valence-corrected chi connectivity index (χ4v) is 1.28. The minimum absolute atomic E-state index is 0.184. The summed E-state index contributed by atoms with van der Waals surface area (Å²) in [5, 5.41) is 2.70. The smallest absolute Gasteiger partial charge is 0.253 e. The highest BCUT2D eigenvalue weighted by atomic mass is 79.9. The highest BCUT2D eigenvalue weighted by Crippen LogP contribution is 2.13. The Morgan fingerprint density at radius 1 is 1.60 bits per heavy atom. The number of anilines is 1. The molecule has 0 unspecified atom stereocenters. The molecule has 15 heavy (non-hydrogen) atoms. The van der Waals surface area contributed by atoms with Crippen molar-refractivity contribution in [2.24, 2.45) is 0 Å². The molecular formula is C11H13BrN2O. The molecule has 0 saturated carbocycles. The van der Waals surface area contributed by atoms with Gasteiger partial charge in [0.15, 0.2) is 0 Å². The van der Waals surface area contributed by atoms with E-state index >= 15 is 0 Å². The van der Waals surface area contributed by atoms with Crippen LogP contribution >= 0.6 is 15.9 Å². The Labute approximate surface area is 97.5 Å². The predicted molar refractivity (Wildman–Crippen MR) is 66.0 cm³/mol. The van der Waals surface area contributed by atoms with E-state index in [4.69, 9.17) is 5.73 Å². The second-order valence-electron chi connectivity index (χ2n) is 3.29. The lowest BCUT2D eigenvalue weighted by Gasteiger charge is -2.07. The molecule has 0 bridgehead atoms. The highest BCUT2D eigenvalue weighted by Gasteiger charge is 2.08. The number of nitrogen functional groups attached to an aromatic ring is 1. The maximum absolute atomic E-state index is 11.7. The summed E-state index contributed by atoms with van der Waals surface area (Å²) in [6, 6.07) is 5.37. The van der Waals surface area contributed by atoms with E-state index in [0.717, 1.165) is 10.0 Å². The molecule has 1 aromatic carbocycles. The van der Waals surface area contributed by atoms with Crippen molar-refractivity contribution < 1.29 is 4.79 Å². The quantitative estimate of drug-likeness (QED) is 0.826. The number of carbonyl (C=O) groups is 1. The molecule has 0 atom stereocenters. The molecule has 1 aromatic rings. The Kier molecular flexibility index (Phi) is 3.91. The van der Waals surface area contributed by atoms with Crippen molar-refractivity contribution in [3.63, 3.8) is 0 Å². The Balaban J connectivity index is 2.81. The Morgan fingerprint density at radius 3 is 2.87 bits per heavy atom. The van der Waals surface area contributed by atoms with Crippen LogP contribution in [0, 0.1) is 6.92 Å². The van der Waals surface area contributed by atoms with E-state index in [1.54, 1.807) is 12.1 Å². The molecule has 0 aliphatic rings. The summed E-state index contributed by atoms with van der Waals surface area (Å²) < 4.78 is 0.724. The van der Waals surface area contributed by atoms with Crippen LogP contribution in [0.1, 0.15) is 15.9 Å². The lowest BCUT2D eigenvalue weighted by Crippen LogP contribution is -2.25. The van der Waals surface area contributed by atoms with Crippen molar-refractivity contribution in [1.82, 2.24) is 5.32 Å². The summed E-state index contributed by atoms with van der Waals surface area (Å²) in [6.07, 6.45) is 0. The maximum Gasteiger partial charge on any atom is 0.253 e. The fraction of sp³-hybridized carbons (Fsp3) is 0.182. The van der Waals surface area contributed by atoms with Gasteiger partial charge in [-0.25, -0.2) is 0 Å². The number of carbonyl (C=O) groups excluding carboxylic acids is 1. The van der Waals surface area contributed by atoms with Gasteiger partial charge in [-0.3, -0.25) is 4.79 Å². The zero-order valence-corrected chi connectivity index (χ0v) is 10.1. The number of nitrogens with two attached hydrogens (primary N) is 1. The molecule has 1 rings (SSSR count). The second-order valence-corrected chi connectivity index (χ2v) is 4.41. The Hall–Kier alpha value is -1.29. The number of nitrogens with one attached hydrogen (secondary N) is 1. The molecule has 3 N–H and O–H groups in total. The van der Waals surface area contributed by atoms with Gasteiger partial charge in [0, 0.05) is 16.7 Å². The number of amides is 1. The number of rotatable bonds is 3. The van der Waals surface area contributed by atoms with Crippen LogP contribution in [0.4, 0.5) is 5.69 Å². The number of benzene rings is 1. The van der Waals surface area contributed by atoms with Gasteiger partial charge in [-0.2, -0.15) is 0 Å². The third-order valence-electron chi connectivity index (χ3n) is 1.89. The molecule has 0 aliphatic heterocycles. The van der Waals surface area contributed by atoms with Crippen LogP contribution in [-0.4, -0.2) is 12.5 Å².